The molecule has 0 aromatic carbocycles. The van der Waals surface area contributed by atoms with Crippen molar-refractivity contribution in [2.75, 3.05) is 6.54 Å². The molecular weight excluding hydrogens is 200 g/mol. The number of hydrogen-bond donors (Lipinski definition) is 2. The number of nitrogens with one attached hydrogen (secondary N) is 2. The zero-order chi connectivity index (χ0) is 11.8. The molecule has 0 heterocycles. The van der Waals surface area contributed by atoms with E-state index >= 15 is 0 Å². The van der Waals surface area contributed by atoms with Crippen LogP contribution >= 0.6 is 0 Å². The molecule has 3 nitrogen and oxygen atoms in total. The minimum atomic E-state index is 0.211. The normalized spacial score (nSPS) is 16.8. The van der Waals surface area contributed by atoms with Crippen LogP contribution in [0.15, 0.2) is 12.7 Å². The van der Waals surface area contributed by atoms with Crippen molar-refractivity contribution in [1.82, 2.24) is 10.6 Å². The first-order valence-corrected chi connectivity index (χ1v) is 6.36. The van der Waals surface area contributed by atoms with E-state index in [1.54, 1.807) is 0 Å². The van der Waals surface area contributed by atoms with E-state index in [2.05, 4.69) is 24.1 Å². The molecule has 0 radical (unpaired) electrons. The molecule has 16 heavy (non-hydrogen) atoms. The standard InChI is InChI=1S/C13H24N2O/c1-3-4-6-11(2)14-10-5-7-13(16)15-12-8-9-12/h3,11-12,14H,1,4-10H2,2H3,(H,15,16). The molecule has 1 rings (SSSR count). The molecule has 0 bridgehead atoms. The Morgan fingerprint density at radius 2 is 2.31 bits per heavy atom. The quantitative estimate of drug-likeness (QED) is 0.464. The van der Waals surface area contributed by atoms with Crippen LogP contribution in [-0.2, 0) is 4.79 Å². The lowest BCUT2D eigenvalue weighted by molar-refractivity contribution is -0.121. The summed E-state index contributed by atoms with van der Waals surface area (Å²) >= 11 is 0. The molecule has 2 N–H and O–H groups in total. The minimum Gasteiger partial charge on any atom is -0.353 e. The van der Waals surface area contributed by atoms with Gasteiger partial charge in [-0.15, -0.1) is 6.58 Å². The fourth-order valence-corrected chi connectivity index (χ4v) is 1.59. The average molecular weight is 224 g/mol. The van der Waals surface area contributed by atoms with E-state index in [-0.39, 0.29) is 5.91 Å². The number of allylic oxidation sites excluding steroid dienone is 1. The van der Waals surface area contributed by atoms with Crippen molar-refractivity contribution in [2.24, 2.45) is 0 Å². The van der Waals surface area contributed by atoms with Crippen LogP contribution in [-0.4, -0.2) is 24.5 Å². The monoisotopic (exact) mass is 224 g/mol. The summed E-state index contributed by atoms with van der Waals surface area (Å²) in [5, 5.41) is 6.41. The predicted molar refractivity (Wildman–Crippen MR) is 67.3 cm³/mol. The van der Waals surface area contributed by atoms with Gasteiger partial charge in [0.1, 0.15) is 0 Å². The maximum atomic E-state index is 11.4. The number of hydrogen-bond acceptors (Lipinski definition) is 2. The second-order valence-corrected chi connectivity index (χ2v) is 4.67. The molecule has 1 aliphatic carbocycles. The topological polar surface area (TPSA) is 41.1 Å². The molecule has 3 heteroatoms. The molecule has 92 valence electrons. The summed E-state index contributed by atoms with van der Waals surface area (Å²) in [5.74, 6) is 0.211. The number of carbonyl (C=O) groups excluding carboxylic acids is 1. The summed E-state index contributed by atoms with van der Waals surface area (Å²) in [6.45, 7) is 6.81. The van der Waals surface area contributed by atoms with Crippen LogP contribution in [0.25, 0.3) is 0 Å². The van der Waals surface area contributed by atoms with Crippen LogP contribution in [0.5, 0.6) is 0 Å². The van der Waals surface area contributed by atoms with Gasteiger partial charge in [-0.1, -0.05) is 6.08 Å². The van der Waals surface area contributed by atoms with E-state index in [1.165, 1.54) is 12.8 Å². The zero-order valence-corrected chi connectivity index (χ0v) is 10.3. The van der Waals surface area contributed by atoms with Gasteiger partial charge in [-0.05, 0) is 45.6 Å². The first kappa shape index (κ1) is 13.2. The SMILES string of the molecule is C=CCCC(C)NCCCC(=O)NC1CC1. The summed E-state index contributed by atoms with van der Waals surface area (Å²) in [7, 11) is 0. The Hall–Kier alpha value is -0.830. The maximum Gasteiger partial charge on any atom is 0.220 e. The van der Waals surface area contributed by atoms with Crippen molar-refractivity contribution < 1.29 is 4.79 Å². The summed E-state index contributed by atoms with van der Waals surface area (Å²) in [6, 6.07) is 1.01. The van der Waals surface area contributed by atoms with E-state index in [4.69, 9.17) is 0 Å². The van der Waals surface area contributed by atoms with Gasteiger partial charge in [0.25, 0.3) is 0 Å². The van der Waals surface area contributed by atoms with Crippen molar-refractivity contribution in [2.45, 2.75) is 57.5 Å². The summed E-state index contributed by atoms with van der Waals surface area (Å²) in [6.07, 6.45) is 8.04. The molecule has 1 amide bonds. The smallest absolute Gasteiger partial charge is 0.220 e. The third kappa shape index (κ3) is 6.62. The average Bonchev–Trinajstić information content (AvgIpc) is 3.05. The zero-order valence-electron chi connectivity index (χ0n) is 10.3. The van der Waals surface area contributed by atoms with Crippen LogP contribution in [0.2, 0.25) is 0 Å². The second-order valence-electron chi connectivity index (χ2n) is 4.67. The molecule has 0 spiro atoms. The Kier molecular flexibility index (Phi) is 6.16. The van der Waals surface area contributed by atoms with Crippen LogP contribution in [0.3, 0.4) is 0 Å². The number of rotatable bonds is 9. The van der Waals surface area contributed by atoms with E-state index in [1.807, 2.05) is 6.08 Å². The van der Waals surface area contributed by atoms with E-state index < -0.39 is 0 Å². The van der Waals surface area contributed by atoms with Crippen molar-refractivity contribution in [3.8, 4) is 0 Å². The van der Waals surface area contributed by atoms with Crippen LogP contribution in [0, 0.1) is 0 Å². The maximum absolute atomic E-state index is 11.4. The van der Waals surface area contributed by atoms with Gasteiger partial charge >= 0.3 is 0 Å². The largest absolute Gasteiger partial charge is 0.353 e. The minimum absolute atomic E-state index is 0.211. The molecule has 0 aromatic rings. The van der Waals surface area contributed by atoms with Crippen molar-refractivity contribution in [3.05, 3.63) is 12.7 Å². The fraction of sp³-hybridized carbons (Fsp3) is 0.769. The van der Waals surface area contributed by atoms with Crippen molar-refractivity contribution >= 4 is 5.91 Å². The van der Waals surface area contributed by atoms with Gasteiger partial charge in [0, 0.05) is 18.5 Å². The van der Waals surface area contributed by atoms with Crippen LogP contribution in [0.4, 0.5) is 0 Å². The van der Waals surface area contributed by atoms with E-state index in [9.17, 15) is 4.79 Å². The molecule has 1 atom stereocenters. The van der Waals surface area contributed by atoms with Gasteiger partial charge in [-0.3, -0.25) is 4.79 Å². The Balaban J connectivity index is 1.89. The Morgan fingerprint density at radius 3 is 2.94 bits per heavy atom. The molecule has 0 aliphatic heterocycles. The van der Waals surface area contributed by atoms with Gasteiger partial charge in [0.2, 0.25) is 5.91 Å². The molecule has 1 fully saturated rings. The first-order valence-electron chi connectivity index (χ1n) is 6.36. The summed E-state index contributed by atoms with van der Waals surface area (Å²) < 4.78 is 0. The molecule has 1 aliphatic rings. The molecule has 0 aromatic heterocycles. The van der Waals surface area contributed by atoms with Gasteiger partial charge in [-0.2, -0.15) is 0 Å². The van der Waals surface area contributed by atoms with Crippen molar-refractivity contribution in [3.63, 3.8) is 0 Å². The highest BCUT2D eigenvalue weighted by Gasteiger charge is 2.22. The van der Waals surface area contributed by atoms with Gasteiger partial charge in [0.15, 0.2) is 0 Å². The Bertz CT molecular complexity index is 224. The molecule has 1 saturated carbocycles. The summed E-state index contributed by atoms with van der Waals surface area (Å²) in [4.78, 5) is 11.4. The van der Waals surface area contributed by atoms with E-state index in [0.717, 1.165) is 25.8 Å². The molecule has 1 unspecified atom stereocenters. The van der Waals surface area contributed by atoms with Gasteiger partial charge in [0.05, 0.1) is 0 Å². The van der Waals surface area contributed by atoms with Gasteiger partial charge < -0.3 is 10.6 Å². The second kappa shape index (κ2) is 7.44. The van der Waals surface area contributed by atoms with Crippen LogP contribution in [0.1, 0.15) is 45.4 Å². The third-order valence-corrected chi connectivity index (χ3v) is 2.82. The highest BCUT2D eigenvalue weighted by Crippen LogP contribution is 2.18. The summed E-state index contributed by atoms with van der Waals surface area (Å²) in [5.41, 5.74) is 0. The number of amides is 1. The Morgan fingerprint density at radius 1 is 1.56 bits per heavy atom. The lowest BCUT2D eigenvalue weighted by atomic mass is 10.2. The molecular formula is C13H24N2O. The lowest BCUT2D eigenvalue weighted by Gasteiger charge is -2.12. The van der Waals surface area contributed by atoms with Crippen molar-refractivity contribution in [1.29, 1.82) is 0 Å². The highest BCUT2D eigenvalue weighted by atomic mass is 16.1. The van der Waals surface area contributed by atoms with E-state index in [0.29, 0.717) is 18.5 Å². The lowest BCUT2D eigenvalue weighted by Crippen LogP contribution is -2.29. The predicted octanol–water partition coefficient (Wildman–Crippen LogP) is 1.99. The highest BCUT2D eigenvalue weighted by molar-refractivity contribution is 5.76. The fourth-order valence-electron chi connectivity index (χ4n) is 1.59. The first-order chi connectivity index (χ1) is 7.72. The molecule has 0 saturated heterocycles. The van der Waals surface area contributed by atoms with Crippen LogP contribution < -0.4 is 10.6 Å². The third-order valence-electron chi connectivity index (χ3n) is 2.82. The van der Waals surface area contributed by atoms with Gasteiger partial charge in [-0.25, -0.2) is 0 Å². The Labute approximate surface area is 98.7 Å². The number of carbonyl (C=O) groups is 1.